The summed E-state index contributed by atoms with van der Waals surface area (Å²) >= 11 is 0. The van der Waals surface area contributed by atoms with Gasteiger partial charge in [0.25, 0.3) is 0 Å². The summed E-state index contributed by atoms with van der Waals surface area (Å²) < 4.78 is 5.39. The normalized spacial score (nSPS) is 12.8. The van der Waals surface area contributed by atoms with Gasteiger partial charge in [-0.1, -0.05) is 13.0 Å². The van der Waals surface area contributed by atoms with Gasteiger partial charge in [0.15, 0.2) is 0 Å². The van der Waals surface area contributed by atoms with E-state index in [1.54, 1.807) is 7.11 Å². The summed E-state index contributed by atoms with van der Waals surface area (Å²) in [6.07, 6.45) is 1.15. The van der Waals surface area contributed by atoms with Crippen LogP contribution in [-0.4, -0.2) is 39.2 Å². The minimum atomic E-state index is 0.375. The highest BCUT2D eigenvalue weighted by Crippen LogP contribution is 2.27. The molecule has 1 rings (SSSR count). The number of hydrogen-bond donors (Lipinski definition) is 1. The molecule has 0 aromatic heterocycles. The Morgan fingerprint density at radius 2 is 1.89 bits per heavy atom. The maximum atomic E-state index is 5.39. The van der Waals surface area contributed by atoms with Crippen LogP contribution in [0.15, 0.2) is 12.1 Å². The molecule has 1 aromatic carbocycles. The second-order valence-corrected chi connectivity index (χ2v) is 5.45. The fraction of sp³-hybridized carbons (Fsp3) is 0.625. The van der Waals surface area contributed by atoms with E-state index < -0.39 is 0 Å². The lowest BCUT2D eigenvalue weighted by Crippen LogP contribution is -2.32. The average molecular weight is 264 g/mol. The monoisotopic (exact) mass is 264 g/mol. The largest absolute Gasteiger partial charge is 0.496 e. The first kappa shape index (κ1) is 16.0. The smallest absolute Gasteiger partial charge is 0.122 e. The summed E-state index contributed by atoms with van der Waals surface area (Å²) in [6, 6.07) is 4.77. The van der Waals surface area contributed by atoms with Crippen molar-refractivity contribution in [1.82, 2.24) is 10.2 Å². The van der Waals surface area contributed by atoms with Crippen LogP contribution >= 0.6 is 0 Å². The fourth-order valence-corrected chi connectivity index (χ4v) is 2.36. The first-order valence-electron chi connectivity index (χ1n) is 7.02. The molecule has 0 spiro atoms. The molecule has 0 fully saturated rings. The van der Waals surface area contributed by atoms with Gasteiger partial charge in [0, 0.05) is 12.6 Å². The highest BCUT2D eigenvalue weighted by atomic mass is 16.5. The predicted molar refractivity (Wildman–Crippen MR) is 82.1 cm³/mol. The maximum Gasteiger partial charge on any atom is 0.122 e. The Labute approximate surface area is 118 Å². The molecule has 1 aromatic rings. The predicted octanol–water partition coefficient (Wildman–Crippen LogP) is 2.91. The molecule has 3 heteroatoms. The SMILES string of the molecule is CCCNC(CN(C)C)c1cc(C)c(OC)cc1C. The molecular formula is C16H28N2O. The Bertz CT molecular complexity index is 402. The van der Waals surface area contributed by atoms with E-state index in [-0.39, 0.29) is 0 Å². The lowest BCUT2D eigenvalue weighted by atomic mass is 9.97. The zero-order valence-electron chi connectivity index (χ0n) is 13.2. The summed E-state index contributed by atoms with van der Waals surface area (Å²) in [4.78, 5) is 2.23. The molecule has 0 amide bonds. The molecule has 0 aliphatic carbocycles. The van der Waals surface area contributed by atoms with Crippen LogP contribution in [0.2, 0.25) is 0 Å². The first-order valence-corrected chi connectivity index (χ1v) is 7.02. The van der Waals surface area contributed by atoms with Gasteiger partial charge in [-0.3, -0.25) is 0 Å². The van der Waals surface area contributed by atoms with Crippen LogP contribution in [0.3, 0.4) is 0 Å². The minimum absolute atomic E-state index is 0.375. The number of methoxy groups -OCH3 is 1. The minimum Gasteiger partial charge on any atom is -0.496 e. The molecule has 3 nitrogen and oxygen atoms in total. The molecule has 0 saturated heterocycles. The highest BCUT2D eigenvalue weighted by molar-refractivity contribution is 5.43. The third-order valence-corrected chi connectivity index (χ3v) is 3.35. The molecule has 1 unspecified atom stereocenters. The lowest BCUT2D eigenvalue weighted by molar-refractivity contribution is 0.341. The quantitative estimate of drug-likeness (QED) is 0.819. The van der Waals surface area contributed by atoms with Gasteiger partial charge in [-0.15, -0.1) is 0 Å². The average Bonchev–Trinajstić information content (AvgIpc) is 2.36. The van der Waals surface area contributed by atoms with Gasteiger partial charge in [-0.25, -0.2) is 0 Å². The Kier molecular flexibility index (Phi) is 6.32. The van der Waals surface area contributed by atoms with Crippen molar-refractivity contribution in [2.45, 2.75) is 33.2 Å². The van der Waals surface area contributed by atoms with E-state index >= 15 is 0 Å². The van der Waals surface area contributed by atoms with E-state index in [9.17, 15) is 0 Å². The maximum absolute atomic E-state index is 5.39. The second-order valence-electron chi connectivity index (χ2n) is 5.45. The number of nitrogens with one attached hydrogen (secondary N) is 1. The van der Waals surface area contributed by atoms with Gasteiger partial charge in [-0.05, 0) is 63.7 Å². The summed E-state index contributed by atoms with van der Waals surface area (Å²) in [7, 11) is 5.97. The van der Waals surface area contributed by atoms with Gasteiger partial charge < -0.3 is 15.0 Å². The molecule has 0 aliphatic heterocycles. The van der Waals surface area contributed by atoms with Gasteiger partial charge in [0.05, 0.1) is 7.11 Å². The Morgan fingerprint density at radius 3 is 2.42 bits per heavy atom. The standard InChI is InChI=1S/C16H28N2O/c1-7-8-17-15(11-18(4)5)14-9-13(3)16(19-6)10-12(14)2/h9-10,15,17H,7-8,11H2,1-6H3. The summed E-state index contributed by atoms with van der Waals surface area (Å²) in [5.41, 5.74) is 3.86. The highest BCUT2D eigenvalue weighted by Gasteiger charge is 2.15. The molecule has 1 N–H and O–H groups in total. The Hall–Kier alpha value is -1.06. The zero-order valence-corrected chi connectivity index (χ0v) is 13.2. The van der Waals surface area contributed by atoms with Crippen LogP contribution in [0, 0.1) is 13.8 Å². The van der Waals surface area contributed by atoms with Gasteiger partial charge in [-0.2, -0.15) is 0 Å². The van der Waals surface area contributed by atoms with Crippen LogP contribution in [0.5, 0.6) is 5.75 Å². The van der Waals surface area contributed by atoms with E-state index in [0.717, 1.165) is 25.3 Å². The van der Waals surface area contributed by atoms with Crippen molar-refractivity contribution in [2.24, 2.45) is 0 Å². The molecule has 19 heavy (non-hydrogen) atoms. The van der Waals surface area contributed by atoms with E-state index in [1.165, 1.54) is 16.7 Å². The lowest BCUT2D eigenvalue weighted by Gasteiger charge is -2.25. The van der Waals surface area contributed by atoms with Crippen LogP contribution in [0.4, 0.5) is 0 Å². The third-order valence-electron chi connectivity index (χ3n) is 3.35. The van der Waals surface area contributed by atoms with E-state index in [0.29, 0.717) is 6.04 Å². The van der Waals surface area contributed by atoms with Crippen LogP contribution in [0.1, 0.15) is 36.1 Å². The van der Waals surface area contributed by atoms with Crippen LogP contribution < -0.4 is 10.1 Å². The molecule has 0 saturated carbocycles. The molecule has 0 bridgehead atoms. The molecule has 108 valence electrons. The summed E-state index contributed by atoms with van der Waals surface area (Å²) in [5, 5.41) is 3.64. The number of likely N-dealkylation sites (N-methyl/N-ethyl adjacent to an activating group) is 1. The Morgan fingerprint density at radius 1 is 1.21 bits per heavy atom. The van der Waals surface area contributed by atoms with Crippen molar-refractivity contribution < 1.29 is 4.74 Å². The van der Waals surface area contributed by atoms with Gasteiger partial charge in [0.1, 0.15) is 5.75 Å². The van der Waals surface area contributed by atoms with E-state index in [2.05, 4.69) is 57.2 Å². The fourth-order valence-electron chi connectivity index (χ4n) is 2.36. The molecule has 1 atom stereocenters. The zero-order chi connectivity index (χ0) is 14.4. The second kappa shape index (κ2) is 7.51. The molecule has 0 aliphatic rings. The van der Waals surface area contributed by atoms with Gasteiger partial charge in [0.2, 0.25) is 0 Å². The third kappa shape index (κ3) is 4.51. The van der Waals surface area contributed by atoms with Crippen molar-refractivity contribution in [3.05, 3.63) is 28.8 Å². The van der Waals surface area contributed by atoms with Crippen molar-refractivity contribution in [2.75, 3.05) is 34.3 Å². The molecular weight excluding hydrogens is 236 g/mol. The van der Waals surface area contributed by atoms with Crippen LogP contribution in [-0.2, 0) is 0 Å². The molecule has 0 radical (unpaired) electrons. The molecule has 0 heterocycles. The van der Waals surface area contributed by atoms with E-state index in [1.807, 2.05) is 0 Å². The van der Waals surface area contributed by atoms with Crippen molar-refractivity contribution >= 4 is 0 Å². The van der Waals surface area contributed by atoms with E-state index in [4.69, 9.17) is 4.74 Å². The number of nitrogens with zero attached hydrogens (tertiary/aromatic N) is 1. The number of rotatable bonds is 7. The van der Waals surface area contributed by atoms with Crippen LogP contribution in [0.25, 0.3) is 0 Å². The number of aryl methyl sites for hydroxylation is 2. The summed E-state index contributed by atoms with van der Waals surface area (Å²) in [5.74, 6) is 0.973. The Balaban J connectivity index is 3.03. The van der Waals surface area contributed by atoms with Crippen molar-refractivity contribution in [3.63, 3.8) is 0 Å². The summed E-state index contributed by atoms with van der Waals surface area (Å²) in [6.45, 7) is 8.52. The topological polar surface area (TPSA) is 24.5 Å². The van der Waals surface area contributed by atoms with Crippen molar-refractivity contribution in [1.29, 1.82) is 0 Å². The number of ether oxygens (including phenoxy) is 1. The number of benzene rings is 1. The number of hydrogen-bond acceptors (Lipinski definition) is 3. The van der Waals surface area contributed by atoms with Crippen molar-refractivity contribution in [3.8, 4) is 5.75 Å². The van der Waals surface area contributed by atoms with Gasteiger partial charge >= 0.3 is 0 Å². The first-order chi connectivity index (χ1) is 8.99.